The van der Waals surface area contributed by atoms with Crippen molar-refractivity contribution in [3.05, 3.63) is 77.0 Å². The van der Waals surface area contributed by atoms with Crippen LogP contribution >= 0.6 is 22.9 Å². The molecule has 0 aliphatic carbocycles. The molecule has 176 valence electrons. The standard InChI is InChI=1S/C24H19ClN6O3S/c1-31-19-13-20(33-2)21(12-17(19)29-23(31)28-15-5-3-14(25)4-6-15)34-16-7-8-26-18(11-16)22(32)30-24-27-9-10-35-24/h3-13H,1-2H3,(H,28,29)(H,27,30,32). The lowest BCUT2D eigenvalue weighted by Crippen LogP contribution is -2.13. The molecule has 0 unspecified atom stereocenters. The number of pyridine rings is 1. The summed E-state index contributed by atoms with van der Waals surface area (Å²) in [6.07, 6.45) is 3.12. The van der Waals surface area contributed by atoms with Crippen molar-refractivity contribution in [3.8, 4) is 17.2 Å². The van der Waals surface area contributed by atoms with E-state index in [0.717, 1.165) is 11.2 Å². The van der Waals surface area contributed by atoms with E-state index in [9.17, 15) is 4.79 Å². The number of hydrogen-bond donors (Lipinski definition) is 2. The molecule has 0 aliphatic heterocycles. The van der Waals surface area contributed by atoms with Crippen LogP contribution in [0.3, 0.4) is 0 Å². The minimum atomic E-state index is -0.379. The summed E-state index contributed by atoms with van der Waals surface area (Å²) in [5, 5.41) is 8.92. The van der Waals surface area contributed by atoms with Crippen molar-refractivity contribution in [1.29, 1.82) is 0 Å². The molecule has 35 heavy (non-hydrogen) atoms. The number of fused-ring (bicyclic) bond motifs is 1. The zero-order chi connectivity index (χ0) is 24.4. The van der Waals surface area contributed by atoms with Gasteiger partial charge in [0.25, 0.3) is 5.91 Å². The van der Waals surface area contributed by atoms with E-state index in [-0.39, 0.29) is 11.6 Å². The predicted molar refractivity (Wildman–Crippen MR) is 136 cm³/mol. The van der Waals surface area contributed by atoms with Crippen LogP contribution < -0.4 is 20.1 Å². The molecule has 0 radical (unpaired) electrons. The van der Waals surface area contributed by atoms with Crippen LogP contribution in [0.1, 0.15) is 10.5 Å². The number of ether oxygens (including phenoxy) is 2. The first kappa shape index (κ1) is 22.6. The van der Waals surface area contributed by atoms with E-state index in [1.54, 1.807) is 36.9 Å². The molecule has 11 heteroatoms. The Bertz CT molecular complexity index is 1500. The Morgan fingerprint density at radius 3 is 2.63 bits per heavy atom. The SMILES string of the molecule is COc1cc2c(cc1Oc1ccnc(C(=O)Nc3nccs3)c1)nc(Nc1ccc(Cl)cc1)n2C. The van der Waals surface area contributed by atoms with E-state index in [1.165, 1.54) is 17.5 Å². The number of nitrogens with zero attached hydrogens (tertiary/aromatic N) is 4. The van der Waals surface area contributed by atoms with Gasteiger partial charge in [-0.1, -0.05) is 11.6 Å². The van der Waals surface area contributed by atoms with Crippen LogP contribution in [0.25, 0.3) is 11.0 Å². The number of rotatable bonds is 7. The molecule has 9 nitrogen and oxygen atoms in total. The van der Waals surface area contributed by atoms with Gasteiger partial charge in [-0.25, -0.2) is 9.97 Å². The Labute approximate surface area is 209 Å². The third-order valence-electron chi connectivity index (χ3n) is 5.11. The lowest BCUT2D eigenvalue weighted by Gasteiger charge is -2.11. The van der Waals surface area contributed by atoms with Gasteiger partial charge >= 0.3 is 0 Å². The molecule has 2 N–H and O–H groups in total. The number of carbonyl (C=O) groups is 1. The molecule has 3 heterocycles. The first-order valence-corrected chi connectivity index (χ1v) is 11.7. The number of aryl methyl sites for hydroxylation is 1. The highest BCUT2D eigenvalue weighted by molar-refractivity contribution is 7.13. The first-order chi connectivity index (χ1) is 17.0. The van der Waals surface area contributed by atoms with Crippen molar-refractivity contribution < 1.29 is 14.3 Å². The first-order valence-electron chi connectivity index (χ1n) is 10.4. The number of anilines is 3. The van der Waals surface area contributed by atoms with Crippen molar-refractivity contribution in [2.24, 2.45) is 7.05 Å². The number of hydrogen-bond acceptors (Lipinski definition) is 8. The third kappa shape index (κ3) is 4.88. The number of methoxy groups -OCH3 is 1. The molecule has 0 spiro atoms. The molecule has 5 aromatic rings. The topological polar surface area (TPSA) is 103 Å². The van der Waals surface area contributed by atoms with Crippen LogP contribution in [0.4, 0.5) is 16.8 Å². The van der Waals surface area contributed by atoms with Crippen molar-refractivity contribution in [2.75, 3.05) is 17.7 Å². The fourth-order valence-electron chi connectivity index (χ4n) is 3.39. The summed E-state index contributed by atoms with van der Waals surface area (Å²) in [6, 6.07) is 14.2. The zero-order valence-electron chi connectivity index (χ0n) is 18.7. The average molecular weight is 507 g/mol. The quantitative estimate of drug-likeness (QED) is 0.284. The Morgan fingerprint density at radius 2 is 1.89 bits per heavy atom. The Hall–Kier alpha value is -4.15. The normalized spacial score (nSPS) is 10.8. The predicted octanol–water partition coefficient (Wildman–Crippen LogP) is 5.88. The number of nitrogens with one attached hydrogen (secondary N) is 2. The van der Waals surface area contributed by atoms with Crippen LogP contribution in [0.15, 0.2) is 66.3 Å². The van der Waals surface area contributed by atoms with Crippen LogP contribution in [0.5, 0.6) is 17.2 Å². The van der Waals surface area contributed by atoms with Crippen molar-refractivity contribution in [3.63, 3.8) is 0 Å². The molecule has 5 rings (SSSR count). The van der Waals surface area contributed by atoms with Gasteiger partial charge in [-0.2, -0.15) is 0 Å². The number of halogens is 1. The van der Waals surface area contributed by atoms with Crippen molar-refractivity contribution in [2.45, 2.75) is 0 Å². The number of aromatic nitrogens is 4. The maximum Gasteiger partial charge on any atom is 0.276 e. The second kappa shape index (κ2) is 9.61. The maximum absolute atomic E-state index is 12.5. The fourth-order valence-corrected chi connectivity index (χ4v) is 4.04. The highest BCUT2D eigenvalue weighted by Crippen LogP contribution is 2.36. The summed E-state index contributed by atoms with van der Waals surface area (Å²) in [6.45, 7) is 0. The van der Waals surface area contributed by atoms with Crippen LogP contribution in [0.2, 0.25) is 5.02 Å². The molecule has 0 fully saturated rings. The van der Waals surface area contributed by atoms with E-state index >= 15 is 0 Å². The minimum Gasteiger partial charge on any atom is -0.493 e. The molecule has 0 bridgehead atoms. The Kier molecular flexibility index (Phi) is 6.21. The van der Waals surface area contributed by atoms with E-state index in [0.29, 0.717) is 38.9 Å². The van der Waals surface area contributed by atoms with Gasteiger partial charge in [0.1, 0.15) is 11.4 Å². The maximum atomic E-state index is 12.5. The largest absolute Gasteiger partial charge is 0.493 e. The van der Waals surface area contributed by atoms with E-state index < -0.39 is 0 Å². The molecule has 0 saturated carbocycles. The Balaban J connectivity index is 1.42. The van der Waals surface area contributed by atoms with Gasteiger partial charge in [-0.3, -0.25) is 15.1 Å². The summed E-state index contributed by atoms with van der Waals surface area (Å²) in [5.74, 6) is 1.66. The van der Waals surface area contributed by atoms with Crippen molar-refractivity contribution in [1.82, 2.24) is 19.5 Å². The monoisotopic (exact) mass is 506 g/mol. The Morgan fingerprint density at radius 1 is 1.06 bits per heavy atom. The van der Waals surface area contributed by atoms with Crippen LogP contribution in [-0.4, -0.2) is 32.5 Å². The zero-order valence-corrected chi connectivity index (χ0v) is 20.2. The van der Waals surface area contributed by atoms with Crippen LogP contribution in [0, 0.1) is 0 Å². The van der Waals surface area contributed by atoms with Crippen molar-refractivity contribution >= 4 is 56.6 Å². The number of amides is 1. The molecule has 0 atom stereocenters. The number of imidazole rings is 1. The average Bonchev–Trinajstić information content (AvgIpc) is 3.48. The molecule has 0 saturated heterocycles. The molecular weight excluding hydrogens is 488 g/mol. The molecule has 0 aliphatic rings. The summed E-state index contributed by atoms with van der Waals surface area (Å²) >= 11 is 7.31. The second-order valence-corrected chi connectivity index (χ2v) is 8.72. The highest BCUT2D eigenvalue weighted by atomic mass is 35.5. The van der Waals surface area contributed by atoms with E-state index in [1.807, 2.05) is 41.9 Å². The summed E-state index contributed by atoms with van der Waals surface area (Å²) in [7, 11) is 3.47. The van der Waals surface area contributed by atoms with Gasteiger partial charge in [-0.05, 0) is 30.3 Å². The van der Waals surface area contributed by atoms with E-state index in [4.69, 9.17) is 26.1 Å². The van der Waals surface area contributed by atoms with Gasteiger partial charge < -0.3 is 19.4 Å². The molecule has 3 aromatic heterocycles. The van der Waals surface area contributed by atoms with Gasteiger partial charge in [0.05, 0.1) is 18.1 Å². The summed E-state index contributed by atoms with van der Waals surface area (Å²) < 4.78 is 13.6. The highest BCUT2D eigenvalue weighted by Gasteiger charge is 2.16. The molecule has 2 aromatic carbocycles. The molecular formula is C24H19ClN6O3S. The van der Waals surface area contributed by atoms with Gasteiger partial charge in [0.15, 0.2) is 16.6 Å². The van der Waals surface area contributed by atoms with Crippen LogP contribution in [-0.2, 0) is 7.05 Å². The third-order valence-corrected chi connectivity index (χ3v) is 6.05. The number of thiazole rings is 1. The lowest BCUT2D eigenvalue weighted by molar-refractivity contribution is 0.102. The van der Waals surface area contributed by atoms with Gasteiger partial charge in [0, 0.05) is 53.7 Å². The molecule has 1 amide bonds. The summed E-state index contributed by atoms with van der Waals surface area (Å²) in [5.41, 5.74) is 2.61. The van der Waals surface area contributed by atoms with Gasteiger partial charge in [0.2, 0.25) is 5.95 Å². The number of benzene rings is 2. The van der Waals surface area contributed by atoms with E-state index in [2.05, 4.69) is 20.6 Å². The lowest BCUT2D eigenvalue weighted by atomic mass is 10.2. The minimum absolute atomic E-state index is 0.199. The fraction of sp³-hybridized carbons (Fsp3) is 0.0833. The smallest absolute Gasteiger partial charge is 0.276 e. The second-order valence-electron chi connectivity index (χ2n) is 7.39. The summed E-state index contributed by atoms with van der Waals surface area (Å²) in [4.78, 5) is 25.4. The number of carbonyl (C=O) groups excluding carboxylic acids is 1. The van der Waals surface area contributed by atoms with Gasteiger partial charge in [-0.15, -0.1) is 11.3 Å².